The number of piperazine rings is 1. The first-order valence-corrected chi connectivity index (χ1v) is 8.49. The number of aromatic nitrogens is 1. The summed E-state index contributed by atoms with van der Waals surface area (Å²) >= 11 is 0. The fraction of sp³-hybridized carbons (Fsp3) is 0.444. The smallest absolute Gasteiger partial charge is 0.341 e. The maximum absolute atomic E-state index is 12.6. The van der Waals surface area contributed by atoms with Gasteiger partial charge < -0.3 is 24.2 Å². The SMILES string of the molecule is C[C@@H]1Cn2cc(C(=O)O)c(=O)c3ccc(N4CCN(C)CC4)c(c32)O1. The number of likely N-dealkylation sites (N-methyl/N-ethyl adjacent to an activating group) is 1. The van der Waals surface area contributed by atoms with Gasteiger partial charge in [0.2, 0.25) is 5.43 Å². The average Bonchev–Trinajstić information content (AvgIpc) is 2.58. The zero-order valence-electron chi connectivity index (χ0n) is 14.4. The first-order valence-electron chi connectivity index (χ1n) is 8.49. The minimum absolute atomic E-state index is 0.0894. The molecule has 1 saturated heterocycles. The van der Waals surface area contributed by atoms with E-state index in [1.54, 1.807) is 6.07 Å². The Balaban J connectivity index is 1.93. The van der Waals surface area contributed by atoms with Gasteiger partial charge in [0, 0.05) is 32.4 Å². The van der Waals surface area contributed by atoms with Gasteiger partial charge in [-0.2, -0.15) is 0 Å². The Morgan fingerprint density at radius 3 is 2.64 bits per heavy atom. The fourth-order valence-electron chi connectivity index (χ4n) is 3.68. The summed E-state index contributed by atoms with van der Waals surface area (Å²) in [4.78, 5) is 28.5. The van der Waals surface area contributed by atoms with Gasteiger partial charge in [-0.05, 0) is 26.1 Å². The summed E-state index contributed by atoms with van der Waals surface area (Å²) in [6.07, 6.45) is 1.36. The minimum atomic E-state index is -1.19. The molecule has 1 fully saturated rings. The normalized spacial score (nSPS) is 20.6. The van der Waals surface area contributed by atoms with Crippen molar-refractivity contribution in [1.29, 1.82) is 0 Å². The number of ether oxygens (including phenoxy) is 1. The highest BCUT2D eigenvalue weighted by Crippen LogP contribution is 2.39. The Hall–Kier alpha value is -2.54. The van der Waals surface area contributed by atoms with Gasteiger partial charge in [0.05, 0.1) is 23.1 Å². The molecule has 0 unspecified atom stereocenters. The molecule has 2 aromatic rings. The molecule has 0 bridgehead atoms. The molecular weight excluding hydrogens is 322 g/mol. The van der Waals surface area contributed by atoms with Crippen molar-refractivity contribution in [2.24, 2.45) is 0 Å². The zero-order chi connectivity index (χ0) is 17.7. The number of carbonyl (C=O) groups is 1. The van der Waals surface area contributed by atoms with E-state index in [1.807, 2.05) is 17.6 Å². The Kier molecular flexibility index (Phi) is 3.68. The van der Waals surface area contributed by atoms with Crippen LogP contribution in [-0.4, -0.2) is 59.9 Å². The number of nitrogens with zero attached hydrogens (tertiary/aromatic N) is 3. The monoisotopic (exact) mass is 343 g/mol. The molecule has 1 atom stereocenters. The van der Waals surface area contributed by atoms with Gasteiger partial charge in [-0.1, -0.05) is 0 Å². The highest BCUT2D eigenvalue weighted by atomic mass is 16.5. The third-order valence-corrected chi connectivity index (χ3v) is 5.02. The number of hydrogen-bond acceptors (Lipinski definition) is 5. The molecule has 4 rings (SSSR count). The molecule has 7 nitrogen and oxygen atoms in total. The van der Waals surface area contributed by atoms with Crippen molar-refractivity contribution < 1.29 is 14.6 Å². The van der Waals surface area contributed by atoms with E-state index in [4.69, 9.17) is 4.74 Å². The van der Waals surface area contributed by atoms with E-state index in [9.17, 15) is 14.7 Å². The van der Waals surface area contributed by atoms with Crippen LogP contribution >= 0.6 is 0 Å². The largest absolute Gasteiger partial charge is 0.484 e. The molecule has 0 amide bonds. The Morgan fingerprint density at radius 2 is 1.96 bits per heavy atom. The van der Waals surface area contributed by atoms with Crippen molar-refractivity contribution >= 4 is 22.6 Å². The average molecular weight is 343 g/mol. The van der Waals surface area contributed by atoms with E-state index in [2.05, 4.69) is 16.8 Å². The van der Waals surface area contributed by atoms with Gasteiger partial charge in [0.1, 0.15) is 11.7 Å². The molecular formula is C18H21N3O4. The van der Waals surface area contributed by atoms with Gasteiger partial charge in [-0.25, -0.2) is 4.79 Å². The second-order valence-corrected chi connectivity index (χ2v) is 6.86. The number of carboxylic acid groups (broad SMARTS) is 1. The van der Waals surface area contributed by atoms with E-state index in [0.717, 1.165) is 31.9 Å². The van der Waals surface area contributed by atoms with Gasteiger partial charge in [-0.3, -0.25) is 4.79 Å². The molecule has 0 radical (unpaired) electrons. The lowest BCUT2D eigenvalue weighted by Gasteiger charge is -2.37. The van der Waals surface area contributed by atoms with Crippen LogP contribution in [0.3, 0.4) is 0 Å². The molecule has 1 N–H and O–H groups in total. The summed E-state index contributed by atoms with van der Waals surface area (Å²) in [6, 6.07) is 3.62. The molecule has 3 heterocycles. The van der Waals surface area contributed by atoms with E-state index >= 15 is 0 Å². The Labute approximate surface area is 145 Å². The lowest BCUT2D eigenvalue weighted by molar-refractivity contribution is 0.0694. The van der Waals surface area contributed by atoms with Gasteiger partial charge in [0.25, 0.3) is 0 Å². The maximum Gasteiger partial charge on any atom is 0.341 e. The van der Waals surface area contributed by atoms with Crippen LogP contribution in [0.2, 0.25) is 0 Å². The third kappa shape index (κ3) is 2.55. The summed E-state index contributed by atoms with van der Waals surface area (Å²) in [5.41, 5.74) is 1.02. The van der Waals surface area contributed by atoms with Crippen LogP contribution in [0.25, 0.3) is 10.9 Å². The Morgan fingerprint density at radius 1 is 1.24 bits per heavy atom. The molecule has 25 heavy (non-hydrogen) atoms. The second kappa shape index (κ2) is 5.77. The fourth-order valence-corrected chi connectivity index (χ4v) is 3.68. The first kappa shape index (κ1) is 16.0. The minimum Gasteiger partial charge on any atom is -0.484 e. The topological polar surface area (TPSA) is 75.0 Å². The number of pyridine rings is 1. The van der Waals surface area contributed by atoms with Crippen molar-refractivity contribution in [2.75, 3.05) is 38.1 Å². The molecule has 1 aromatic carbocycles. The lowest BCUT2D eigenvalue weighted by Crippen LogP contribution is -2.45. The zero-order valence-corrected chi connectivity index (χ0v) is 14.4. The number of carboxylic acids is 1. The highest BCUT2D eigenvalue weighted by Gasteiger charge is 2.27. The second-order valence-electron chi connectivity index (χ2n) is 6.86. The van der Waals surface area contributed by atoms with Crippen molar-refractivity contribution in [3.05, 3.63) is 34.1 Å². The van der Waals surface area contributed by atoms with Gasteiger partial charge >= 0.3 is 5.97 Å². The van der Waals surface area contributed by atoms with Crippen molar-refractivity contribution in [3.63, 3.8) is 0 Å². The summed E-state index contributed by atoms with van der Waals surface area (Å²) < 4.78 is 7.96. The van der Waals surface area contributed by atoms with Crippen LogP contribution in [0.1, 0.15) is 17.3 Å². The van der Waals surface area contributed by atoms with Crippen LogP contribution in [-0.2, 0) is 6.54 Å². The standard InChI is InChI=1S/C18H21N3O4/c1-11-9-21-10-13(18(23)24)16(22)12-3-4-14(17(25-11)15(12)21)20-7-5-19(2)6-8-20/h3-4,10-11H,5-9H2,1-2H3,(H,23,24)/t11-/m1/s1. The quantitative estimate of drug-likeness (QED) is 0.884. The molecule has 7 heteroatoms. The molecule has 2 aliphatic rings. The number of rotatable bonds is 2. The molecule has 0 saturated carbocycles. The van der Waals surface area contributed by atoms with E-state index in [1.165, 1.54) is 6.20 Å². The number of hydrogen-bond donors (Lipinski definition) is 1. The Bertz CT molecular complexity index is 913. The molecule has 0 aliphatic carbocycles. The molecule has 2 aliphatic heterocycles. The summed E-state index contributed by atoms with van der Waals surface area (Å²) in [6.45, 7) is 6.20. The predicted molar refractivity (Wildman–Crippen MR) is 95.0 cm³/mol. The van der Waals surface area contributed by atoms with Crippen LogP contribution in [0.15, 0.2) is 23.1 Å². The van der Waals surface area contributed by atoms with Gasteiger partial charge in [0.15, 0.2) is 5.75 Å². The van der Waals surface area contributed by atoms with Gasteiger partial charge in [-0.15, -0.1) is 0 Å². The number of anilines is 1. The van der Waals surface area contributed by atoms with Crippen molar-refractivity contribution in [3.8, 4) is 5.75 Å². The van der Waals surface area contributed by atoms with E-state index in [0.29, 0.717) is 23.2 Å². The third-order valence-electron chi connectivity index (χ3n) is 5.02. The van der Waals surface area contributed by atoms with E-state index in [-0.39, 0.29) is 11.7 Å². The predicted octanol–water partition coefficient (Wildman–Crippen LogP) is 1.23. The van der Waals surface area contributed by atoms with Crippen LogP contribution in [0.4, 0.5) is 5.69 Å². The maximum atomic E-state index is 12.6. The number of aromatic carboxylic acids is 1. The van der Waals surface area contributed by atoms with Crippen molar-refractivity contribution in [1.82, 2.24) is 9.47 Å². The summed E-state index contributed by atoms with van der Waals surface area (Å²) in [5.74, 6) is -0.505. The molecule has 0 spiro atoms. The summed E-state index contributed by atoms with van der Waals surface area (Å²) in [5, 5.41) is 9.73. The van der Waals surface area contributed by atoms with Crippen molar-refractivity contribution in [2.45, 2.75) is 19.6 Å². The number of benzene rings is 1. The molecule has 132 valence electrons. The lowest BCUT2D eigenvalue weighted by atomic mass is 10.1. The van der Waals surface area contributed by atoms with Crippen LogP contribution in [0.5, 0.6) is 5.75 Å². The first-order chi connectivity index (χ1) is 12.0. The van der Waals surface area contributed by atoms with Crippen LogP contribution in [0, 0.1) is 0 Å². The highest BCUT2D eigenvalue weighted by molar-refractivity contribution is 5.97. The van der Waals surface area contributed by atoms with E-state index < -0.39 is 11.4 Å². The molecule has 1 aromatic heterocycles. The summed E-state index contributed by atoms with van der Waals surface area (Å²) in [7, 11) is 2.10. The van der Waals surface area contributed by atoms with Crippen LogP contribution < -0.4 is 15.1 Å².